The molecule has 1 aromatic heterocycles. The number of carbonyl (C=O) groups is 1. The van der Waals surface area contributed by atoms with E-state index in [2.05, 4.69) is 24.1 Å². The molecule has 1 N–H and O–H groups in total. The molecule has 1 aliphatic heterocycles. The molecular weight excluding hydrogens is 294 g/mol. The molecule has 6 nitrogen and oxygen atoms in total. The topological polar surface area (TPSA) is 63.7 Å². The van der Waals surface area contributed by atoms with Gasteiger partial charge in [-0.15, -0.1) is 0 Å². The van der Waals surface area contributed by atoms with Crippen molar-refractivity contribution in [1.82, 2.24) is 15.2 Å². The average molecular weight is 321 g/mol. The number of pyridine rings is 1. The molecule has 23 heavy (non-hydrogen) atoms. The van der Waals surface area contributed by atoms with Gasteiger partial charge in [0.25, 0.3) is 0 Å². The fraction of sp³-hybridized carbons (Fsp3) is 0.647. The summed E-state index contributed by atoms with van der Waals surface area (Å²) in [7, 11) is 0. The number of carbonyl (C=O) groups excluding carboxylic acids is 1. The molecule has 1 atom stereocenters. The zero-order valence-corrected chi connectivity index (χ0v) is 14.2. The normalized spacial score (nSPS) is 18.1. The molecule has 2 heterocycles. The molecule has 0 aromatic carbocycles. The first-order valence-electron chi connectivity index (χ1n) is 8.30. The van der Waals surface area contributed by atoms with E-state index in [0.29, 0.717) is 44.7 Å². The van der Waals surface area contributed by atoms with Gasteiger partial charge in [-0.2, -0.15) is 0 Å². The first-order chi connectivity index (χ1) is 11.1. The summed E-state index contributed by atoms with van der Waals surface area (Å²) < 4.78 is 11.0. The fourth-order valence-electron chi connectivity index (χ4n) is 2.76. The third-order valence-corrected chi connectivity index (χ3v) is 3.79. The minimum atomic E-state index is -0.0507. The van der Waals surface area contributed by atoms with E-state index in [-0.39, 0.29) is 12.1 Å². The Balaban J connectivity index is 1.95. The maximum Gasteiger partial charge on any atom is 0.318 e. The standard InChI is InChI=1S/C17H27N3O3/c1-4-23-16-14(6-5-7-18-16)11-19-17(21)20-8-9-22-12-15(20)10-13(2)3/h5-7,13,15H,4,8-12H2,1-3H3,(H,19,21)/t15-/m0/s1. The zero-order valence-electron chi connectivity index (χ0n) is 14.2. The van der Waals surface area contributed by atoms with E-state index >= 15 is 0 Å². The highest BCUT2D eigenvalue weighted by molar-refractivity contribution is 5.74. The van der Waals surface area contributed by atoms with Crippen molar-refractivity contribution in [2.75, 3.05) is 26.4 Å². The van der Waals surface area contributed by atoms with E-state index in [0.717, 1.165) is 12.0 Å². The number of morpholine rings is 1. The van der Waals surface area contributed by atoms with Crippen LogP contribution in [0.5, 0.6) is 5.88 Å². The second kappa shape index (κ2) is 8.72. The lowest BCUT2D eigenvalue weighted by Gasteiger charge is -2.36. The molecular formula is C17H27N3O3. The van der Waals surface area contributed by atoms with Crippen molar-refractivity contribution >= 4 is 6.03 Å². The smallest absolute Gasteiger partial charge is 0.318 e. The molecule has 0 radical (unpaired) electrons. The Bertz CT molecular complexity index is 508. The van der Waals surface area contributed by atoms with Crippen LogP contribution in [0, 0.1) is 5.92 Å². The van der Waals surface area contributed by atoms with Crippen LogP contribution in [0.15, 0.2) is 18.3 Å². The van der Waals surface area contributed by atoms with Crippen molar-refractivity contribution in [2.45, 2.75) is 39.8 Å². The summed E-state index contributed by atoms with van der Waals surface area (Å²) in [4.78, 5) is 18.6. The molecule has 0 aliphatic carbocycles. The molecule has 6 heteroatoms. The quantitative estimate of drug-likeness (QED) is 0.874. The molecule has 2 rings (SSSR count). The number of amides is 2. The highest BCUT2D eigenvalue weighted by atomic mass is 16.5. The largest absolute Gasteiger partial charge is 0.478 e. The summed E-state index contributed by atoms with van der Waals surface area (Å²) in [5.74, 6) is 1.11. The molecule has 1 saturated heterocycles. The number of nitrogens with one attached hydrogen (secondary N) is 1. The molecule has 0 saturated carbocycles. The second-order valence-corrected chi connectivity index (χ2v) is 6.11. The van der Waals surface area contributed by atoms with Gasteiger partial charge in [0.05, 0.1) is 25.9 Å². The maximum atomic E-state index is 12.5. The van der Waals surface area contributed by atoms with Crippen LogP contribution in [0.1, 0.15) is 32.8 Å². The molecule has 0 spiro atoms. The van der Waals surface area contributed by atoms with Crippen molar-refractivity contribution in [1.29, 1.82) is 0 Å². The number of rotatable bonds is 6. The Morgan fingerprint density at radius 3 is 3.13 bits per heavy atom. The second-order valence-electron chi connectivity index (χ2n) is 6.11. The first kappa shape index (κ1) is 17.5. The van der Waals surface area contributed by atoms with Crippen LogP contribution in [0.4, 0.5) is 4.79 Å². The van der Waals surface area contributed by atoms with E-state index in [4.69, 9.17) is 9.47 Å². The summed E-state index contributed by atoms with van der Waals surface area (Å²) in [6, 6.07) is 3.86. The Kier molecular flexibility index (Phi) is 6.65. The molecule has 0 bridgehead atoms. The van der Waals surface area contributed by atoms with E-state index < -0.39 is 0 Å². The number of urea groups is 1. The van der Waals surface area contributed by atoms with Crippen LogP contribution in [-0.2, 0) is 11.3 Å². The summed E-state index contributed by atoms with van der Waals surface area (Å²) in [5, 5.41) is 2.98. The Labute approximate surface area is 138 Å². The molecule has 1 fully saturated rings. The number of nitrogens with zero attached hydrogens (tertiary/aromatic N) is 2. The highest BCUT2D eigenvalue weighted by Gasteiger charge is 2.27. The molecule has 128 valence electrons. The third kappa shape index (κ3) is 5.10. The first-order valence-corrected chi connectivity index (χ1v) is 8.30. The van der Waals surface area contributed by atoms with Gasteiger partial charge in [-0.3, -0.25) is 0 Å². The summed E-state index contributed by atoms with van der Waals surface area (Å²) in [6.07, 6.45) is 2.64. The molecule has 1 aromatic rings. The Morgan fingerprint density at radius 2 is 2.39 bits per heavy atom. The Hall–Kier alpha value is -1.82. The zero-order chi connectivity index (χ0) is 16.7. The fourth-order valence-corrected chi connectivity index (χ4v) is 2.76. The predicted octanol–water partition coefficient (Wildman–Crippen LogP) is 2.44. The number of ether oxygens (including phenoxy) is 2. The van der Waals surface area contributed by atoms with Gasteiger partial charge < -0.3 is 19.7 Å². The van der Waals surface area contributed by atoms with Crippen LogP contribution >= 0.6 is 0 Å². The summed E-state index contributed by atoms with van der Waals surface area (Å²) in [6.45, 7) is 9.05. The van der Waals surface area contributed by atoms with Crippen LogP contribution < -0.4 is 10.1 Å². The van der Waals surface area contributed by atoms with Gasteiger partial charge in [-0.25, -0.2) is 9.78 Å². The van der Waals surface area contributed by atoms with Gasteiger partial charge >= 0.3 is 6.03 Å². The van der Waals surface area contributed by atoms with E-state index in [9.17, 15) is 4.79 Å². The minimum absolute atomic E-state index is 0.0507. The van der Waals surface area contributed by atoms with Crippen molar-refractivity contribution in [3.05, 3.63) is 23.9 Å². The lowest BCUT2D eigenvalue weighted by atomic mass is 10.0. The Morgan fingerprint density at radius 1 is 1.57 bits per heavy atom. The van der Waals surface area contributed by atoms with Gasteiger partial charge in [0.15, 0.2) is 0 Å². The lowest BCUT2D eigenvalue weighted by Crippen LogP contribution is -2.52. The van der Waals surface area contributed by atoms with Gasteiger partial charge in [-0.05, 0) is 25.3 Å². The lowest BCUT2D eigenvalue weighted by molar-refractivity contribution is 0.00550. The number of hydrogen-bond acceptors (Lipinski definition) is 4. The van der Waals surface area contributed by atoms with Crippen LogP contribution in [0.2, 0.25) is 0 Å². The van der Waals surface area contributed by atoms with E-state index in [1.54, 1.807) is 6.20 Å². The highest BCUT2D eigenvalue weighted by Crippen LogP contribution is 2.17. The van der Waals surface area contributed by atoms with Crippen molar-refractivity contribution in [2.24, 2.45) is 5.92 Å². The van der Waals surface area contributed by atoms with Crippen molar-refractivity contribution in [3.8, 4) is 5.88 Å². The summed E-state index contributed by atoms with van der Waals surface area (Å²) >= 11 is 0. The SMILES string of the molecule is CCOc1ncccc1CNC(=O)N1CCOC[C@@H]1CC(C)C. The van der Waals surface area contributed by atoms with Gasteiger partial charge in [0.2, 0.25) is 5.88 Å². The van der Waals surface area contributed by atoms with E-state index in [1.165, 1.54) is 0 Å². The minimum Gasteiger partial charge on any atom is -0.478 e. The van der Waals surface area contributed by atoms with Gasteiger partial charge in [0.1, 0.15) is 0 Å². The molecule has 1 aliphatic rings. The number of aromatic nitrogens is 1. The number of hydrogen-bond donors (Lipinski definition) is 1. The third-order valence-electron chi connectivity index (χ3n) is 3.79. The van der Waals surface area contributed by atoms with Crippen LogP contribution in [0.3, 0.4) is 0 Å². The maximum absolute atomic E-state index is 12.5. The van der Waals surface area contributed by atoms with Gasteiger partial charge in [-0.1, -0.05) is 19.9 Å². The van der Waals surface area contributed by atoms with Crippen LogP contribution in [0.25, 0.3) is 0 Å². The van der Waals surface area contributed by atoms with Gasteiger partial charge in [0, 0.05) is 24.8 Å². The predicted molar refractivity (Wildman–Crippen MR) is 88.4 cm³/mol. The average Bonchev–Trinajstić information content (AvgIpc) is 2.54. The monoisotopic (exact) mass is 321 g/mol. The van der Waals surface area contributed by atoms with Crippen molar-refractivity contribution < 1.29 is 14.3 Å². The summed E-state index contributed by atoms with van der Waals surface area (Å²) in [5.41, 5.74) is 0.886. The van der Waals surface area contributed by atoms with Crippen molar-refractivity contribution in [3.63, 3.8) is 0 Å². The molecule has 2 amide bonds. The molecule has 0 unspecified atom stereocenters. The van der Waals surface area contributed by atoms with Crippen LogP contribution in [-0.4, -0.2) is 48.3 Å². The van der Waals surface area contributed by atoms with E-state index in [1.807, 2.05) is 24.0 Å².